The molecule has 1 aliphatic heterocycles. The van der Waals surface area contributed by atoms with E-state index >= 15 is 0 Å². The first-order valence-electron chi connectivity index (χ1n) is 8.53. The van der Waals surface area contributed by atoms with Crippen molar-refractivity contribution in [2.75, 3.05) is 31.5 Å². The lowest BCUT2D eigenvalue weighted by Gasteiger charge is -2.39. The number of aliphatic carboxylic acids is 1. The van der Waals surface area contributed by atoms with E-state index in [0.29, 0.717) is 32.6 Å². The van der Waals surface area contributed by atoms with Crippen molar-refractivity contribution in [3.8, 4) is 0 Å². The number of aldehydes is 1. The molecule has 0 aromatic heterocycles. The Kier molecular flexibility index (Phi) is 7.09. The van der Waals surface area contributed by atoms with Crippen LogP contribution < -0.4 is 5.32 Å². The van der Waals surface area contributed by atoms with Crippen LogP contribution in [0.15, 0.2) is 30.3 Å². The van der Waals surface area contributed by atoms with Crippen LogP contribution in [0.4, 0.5) is 5.69 Å². The van der Waals surface area contributed by atoms with Gasteiger partial charge in [0.05, 0.1) is 6.04 Å². The lowest BCUT2D eigenvalue weighted by molar-refractivity contribution is -0.145. The first kappa shape index (κ1) is 19.1. The summed E-state index contributed by atoms with van der Waals surface area (Å²) < 4.78 is 0. The molecular weight excluding hydrogens is 322 g/mol. The minimum atomic E-state index is -0.898. The molecule has 2 rings (SSSR count). The lowest BCUT2D eigenvalue weighted by atomic mass is 10.1. The summed E-state index contributed by atoms with van der Waals surface area (Å²) in [7, 11) is 0. The van der Waals surface area contributed by atoms with Crippen LogP contribution in [0, 0.1) is 0 Å². The van der Waals surface area contributed by atoms with Gasteiger partial charge in [-0.25, -0.2) is 0 Å². The Hall–Kier alpha value is -2.25. The van der Waals surface area contributed by atoms with Gasteiger partial charge >= 0.3 is 5.97 Å². The summed E-state index contributed by atoms with van der Waals surface area (Å²) in [5.41, 5.74) is 0.762. The van der Waals surface area contributed by atoms with Crippen molar-refractivity contribution in [3.63, 3.8) is 0 Å². The van der Waals surface area contributed by atoms with Crippen LogP contribution in [0.5, 0.6) is 0 Å². The van der Waals surface area contributed by atoms with Crippen LogP contribution in [-0.2, 0) is 14.4 Å². The van der Waals surface area contributed by atoms with Gasteiger partial charge in [0.15, 0.2) is 0 Å². The fraction of sp³-hybridized carbons (Fsp3) is 0.500. The highest BCUT2D eigenvalue weighted by Gasteiger charge is 2.31. The number of anilines is 1. The van der Waals surface area contributed by atoms with E-state index in [4.69, 9.17) is 0 Å². The molecular formula is C18H25N3O4. The second-order valence-electron chi connectivity index (χ2n) is 6.20. The molecule has 2 unspecified atom stereocenters. The molecule has 7 heteroatoms. The fourth-order valence-electron chi connectivity index (χ4n) is 3.06. The summed E-state index contributed by atoms with van der Waals surface area (Å²) in [6.07, 6.45) is 1.32. The highest BCUT2D eigenvalue weighted by atomic mass is 16.4. The topological polar surface area (TPSA) is 90.0 Å². The number of carbonyl (C=O) groups excluding carboxylic acids is 2. The Bertz CT molecular complexity index is 585. The molecule has 0 bridgehead atoms. The van der Waals surface area contributed by atoms with Crippen molar-refractivity contribution in [1.82, 2.24) is 9.80 Å². The minimum absolute atomic E-state index is 0.0737. The number of hydrogen-bond acceptors (Lipinski definition) is 5. The van der Waals surface area contributed by atoms with Gasteiger partial charge in [0, 0.05) is 38.3 Å². The normalized spacial score (nSPS) is 18.3. The minimum Gasteiger partial charge on any atom is -0.480 e. The molecule has 2 atom stereocenters. The molecule has 25 heavy (non-hydrogen) atoms. The molecule has 1 aliphatic rings. The monoisotopic (exact) mass is 347 g/mol. The molecule has 1 heterocycles. The third-order valence-corrected chi connectivity index (χ3v) is 4.60. The summed E-state index contributed by atoms with van der Waals surface area (Å²) in [6, 6.07) is 8.37. The van der Waals surface area contributed by atoms with Crippen LogP contribution in [0.2, 0.25) is 0 Å². The average Bonchev–Trinajstić information content (AvgIpc) is 2.62. The number of piperazine rings is 1. The Morgan fingerprint density at radius 1 is 1.16 bits per heavy atom. The zero-order chi connectivity index (χ0) is 18.2. The van der Waals surface area contributed by atoms with Crippen molar-refractivity contribution < 1.29 is 19.5 Å². The van der Waals surface area contributed by atoms with Crippen molar-refractivity contribution in [2.45, 2.75) is 31.8 Å². The Morgan fingerprint density at radius 3 is 2.32 bits per heavy atom. The van der Waals surface area contributed by atoms with Crippen LogP contribution >= 0.6 is 0 Å². The van der Waals surface area contributed by atoms with Crippen LogP contribution in [0.3, 0.4) is 0 Å². The van der Waals surface area contributed by atoms with Gasteiger partial charge in [-0.2, -0.15) is 0 Å². The number of para-hydroxylation sites is 1. The van der Waals surface area contributed by atoms with Crippen LogP contribution in [0.1, 0.15) is 19.8 Å². The summed E-state index contributed by atoms with van der Waals surface area (Å²) in [6.45, 7) is 4.23. The van der Waals surface area contributed by atoms with Gasteiger partial charge in [-0.1, -0.05) is 18.2 Å². The summed E-state index contributed by atoms with van der Waals surface area (Å²) in [4.78, 5) is 38.2. The number of benzene rings is 1. The van der Waals surface area contributed by atoms with Gasteiger partial charge in [-0.05, 0) is 25.5 Å². The van der Waals surface area contributed by atoms with E-state index < -0.39 is 12.0 Å². The molecule has 1 aromatic carbocycles. The summed E-state index contributed by atoms with van der Waals surface area (Å²) in [5.74, 6) is -0.972. The van der Waals surface area contributed by atoms with E-state index in [0.717, 1.165) is 12.0 Å². The molecule has 0 radical (unpaired) electrons. The SMILES string of the molecule is CC(C(=O)Nc1ccccc1)N1CCN(C(CCC=O)C(=O)O)CC1. The van der Waals surface area contributed by atoms with E-state index in [1.165, 1.54) is 0 Å². The molecule has 1 amide bonds. The van der Waals surface area contributed by atoms with Crippen molar-refractivity contribution >= 4 is 23.9 Å². The number of carbonyl (C=O) groups is 3. The molecule has 0 saturated carbocycles. The highest BCUT2D eigenvalue weighted by molar-refractivity contribution is 5.94. The lowest BCUT2D eigenvalue weighted by Crippen LogP contribution is -2.56. The second-order valence-corrected chi connectivity index (χ2v) is 6.20. The van der Waals surface area contributed by atoms with E-state index in [1.54, 1.807) is 0 Å². The second kappa shape index (κ2) is 9.29. The van der Waals surface area contributed by atoms with Gasteiger partial charge in [0.2, 0.25) is 5.91 Å². The van der Waals surface area contributed by atoms with Crippen LogP contribution in [0.25, 0.3) is 0 Å². The smallest absolute Gasteiger partial charge is 0.320 e. The maximum atomic E-state index is 12.4. The molecule has 1 saturated heterocycles. The Balaban J connectivity index is 1.86. The van der Waals surface area contributed by atoms with E-state index in [1.807, 2.05) is 47.1 Å². The van der Waals surface area contributed by atoms with Gasteiger partial charge in [0.25, 0.3) is 0 Å². The first-order chi connectivity index (χ1) is 12.0. The molecule has 1 aromatic rings. The predicted molar refractivity (Wildman–Crippen MR) is 94.4 cm³/mol. The molecule has 0 aliphatic carbocycles. The largest absolute Gasteiger partial charge is 0.480 e. The standard InChI is InChI=1S/C18H25N3O4/c1-14(17(23)19-15-6-3-2-4-7-15)20-9-11-21(12-10-20)16(18(24)25)8-5-13-22/h2-4,6-7,13-14,16H,5,8-12H2,1H3,(H,19,23)(H,24,25). The fourth-order valence-corrected chi connectivity index (χ4v) is 3.06. The van der Waals surface area contributed by atoms with Crippen molar-refractivity contribution in [2.24, 2.45) is 0 Å². The summed E-state index contributed by atoms with van der Waals surface area (Å²) >= 11 is 0. The van der Waals surface area contributed by atoms with Crippen molar-refractivity contribution in [3.05, 3.63) is 30.3 Å². The number of hydrogen-bond donors (Lipinski definition) is 2. The average molecular weight is 347 g/mol. The number of amides is 1. The number of nitrogens with zero attached hydrogens (tertiary/aromatic N) is 2. The Labute approximate surface area is 147 Å². The summed E-state index contributed by atoms with van der Waals surface area (Å²) in [5, 5.41) is 12.2. The van der Waals surface area contributed by atoms with Gasteiger partial charge in [-0.3, -0.25) is 19.4 Å². The van der Waals surface area contributed by atoms with E-state index in [9.17, 15) is 19.5 Å². The molecule has 7 nitrogen and oxygen atoms in total. The highest BCUT2D eigenvalue weighted by Crippen LogP contribution is 2.14. The maximum absolute atomic E-state index is 12.4. The third kappa shape index (κ3) is 5.37. The number of carboxylic acids is 1. The first-order valence-corrected chi connectivity index (χ1v) is 8.53. The van der Waals surface area contributed by atoms with Crippen LogP contribution in [-0.4, -0.2) is 71.3 Å². The van der Waals surface area contributed by atoms with Crippen molar-refractivity contribution in [1.29, 1.82) is 0 Å². The maximum Gasteiger partial charge on any atom is 0.320 e. The zero-order valence-corrected chi connectivity index (χ0v) is 14.4. The third-order valence-electron chi connectivity index (χ3n) is 4.60. The number of carboxylic acid groups (broad SMARTS) is 1. The molecule has 2 N–H and O–H groups in total. The number of nitrogens with one attached hydrogen (secondary N) is 1. The van der Waals surface area contributed by atoms with Gasteiger partial charge in [0.1, 0.15) is 12.3 Å². The quantitative estimate of drug-likeness (QED) is 0.684. The van der Waals surface area contributed by atoms with E-state index in [-0.39, 0.29) is 18.4 Å². The van der Waals surface area contributed by atoms with Gasteiger partial charge in [-0.15, -0.1) is 0 Å². The molecule has 0 spiro atoms. The molecule has 1 fully saturated rings. The molecule has 136 valence electrons. The zero-order valence-electron chi connectivity index (χ0n) is 14.4. The number of rotatable bonds is 8. The van der Waals surface area contributed by atoms with E-state index in [2.05, 4.69) is 5.32 Å². The van der Waals surface area contributed by atoms with Gasteiger partial charge < -0.3 is 15.2 Å². The Morgan fingerprint density at radius 2 is 1.76 bits per heavy atom. The predicted octanol–water partition coefficient (Wildman–Crippen LogP) is 1.06.